The van der Waals surface area contributed by atoms with E-state index >= 15 is 0 Å². The molecule has 3 aliphatic heterocycles. The van der Waals surface area contributed by atoms with Gasteiger partial charge >= 0.3 is 0 Å². The Balaban J connectivity index is 1.34. The van der Waals surface area contributed by atoms with E-state index in [1.165, 1.54) is 47.8 Å². The van der Waals surface area contributed by atoms with E-state index in [4.69, 9.17) is 4.74 Å². The van der Waals surface area contributed by atoms with Crippen molar-refractivity contribution >= 4 is 10.0 Å². The fourth-order valence-corrected chi connectivity index (χ4v) is 5.89. The van der Waals surface area contributed by atoms with Gasteiger partial charge in [0.15, 0.2) is 0 Å². The minimum absolute atomic E-state index is 0.0844. The van der Waals surface area contributed by atoms with Crippen LogP contribution in [0.4, 0.5) is 4.39 Å². The lowest BCUT2D eigenvalue weighted by Gasteiger charge is -2.46. The van der Waals surface area contributed by atoms with Crippen molar-refractivity contribution in [2.75, 3.05) is 32.8 Å². The molecule has 1 spiro atoms. The SMILES string of the molecule is O=S(=O)(Cc1ccc(F)cc1)N1CC2(CC(N3CCCCC3)CO2)C1. The summed E-state index contributed by atoms with van der Waals surface area (Å²) in [6.45, 7) is 3.88. The monoisotopic (exact) mass is 368 g/mol. The molecule has 0 bridgehead atoms. The highest BCUT2D eigenvalue weighted by Gasteiger charge is 2.54. The summed E-state index contributed by atoms with van der Waals surface area (Å²) in [5, 5.41) is 0. The summed E-state index contributed by atoms with van der Waals surface area (Å²) in [6, 6.07) is 6.08. The number of rotatable bonds is 4. The molecule has 138 valence electrons. The highest BCUT2D eigenvalue weighted by Crippen LogP contribution is 2.39. The maximum absolute atomic E-state index is 13.0. The number of ether oxygens (including phenoxy) is 1. The Bertz CT molecular complexity index is 710. The van der Waals surface area contributed by atoms with Crippen molar-refractivity contribution in [3.8, 4) is 0 Å². The van der Waals surface area contributed by atoms with Gasteiger partial charge in [0.2, 0.25) is 10.0 Å². The van der Waals surface area contributed by atoms with Crippen molar-refractivity contribution in [2.45, 2.75) is 43.1 Å². The number of hydrogen-bond donors (Lipinski definition) is 0. The molecule has 7 heteroatoms. The van der Waals surface area contributed by atoms with Crippen molar-refractivity contribution < 1.29 is 17.5 Å². The highest BCUT2D eigenvalue weighted by atomic mass is 32.2. The van der Waals surface area contributed by atoms with Crippen molar-refractivity contribution in [3.05, 3.63) is 35.6 Å². The molecule has 3 heterocycles. The first kappa shape index (κ1) is 17.4. The van der Waals surface area contributed by atoms with E-state index < -0.39 is 10.0 Å². The molecule has 4 rings (SSSR count). The van der Waals surface area contributed by atoms with Gasteiger partial charge in [-0.25, -0.2) is 12.8 Å². The van der Waals surface area contributed by atoms with E-state index in [9.17, 15) is 12.8 Å². The molecule has 1 aromatic rings. The summed E-state index contributed by atoms with van der Waals surface area (Å²) < 4.78 is 45.6. The van der Waals surface area contributed by atoms with Gasteiger partial charge in [-0.05, 0) is 50.0 Å². The van der Waals surface area contributed by atoms with E-state index in [2.05, 4.69) is 4.90 Å². The van der Waals surface area contributed by atoms with Crippen LogP contribution in [0.25, 0.3) is 0 Å². The first-order valence-corrected chi connectivity index (χ1v) is 10.7. The van der Waals surface area contributed by atoms with Gasteiger partial charge in [-0.3, -0.25) is 4.90 Å². The predicted molar refractivity (Wildman–Crippen MR) is 93.1 cm³/mol. The zero-order valence-corrected chi connectivity index (χ0v) is 15.2. The predicted octanol–water partition coefficient (Wildman–Crippen LogP) is 1.98. The first-order valence-electron chi connectivity index (χ1n) is 9.06. The molecular formula is C18H25FN2O3S. The highest BCUT2D eigenvalue weighted by molar-refractivity contribution is 7.88. The van der Waals surface area contributed by atoms with Crippen LogP contribution in [-0.4, -0.2) is 62.1 Å². The molecular weight excluding hydrogens is 343 g/mol. The smallest absolute Gasteiger partial charge is 0.218 e. The third kappa shape index (κ3) is 3.60. The van der Waals surface area contributed by atoms with Crippen LogP contribution in [0.2, 0.25) is 0 Å². The van der Waals surface area contributed by atoms with Crippen LogP contribution in [0.5, 0.6) is 0 Å². The number of halogens is 1. The van der Waals surface area contributed by atoms with Gasteiger partial charge in [-0.15, -0.1) is 0 Å². The Hall–Kier alpha value is -1.02. The molecule has 3 saturated heterocycles. The molecule has 0 aromatic heterocycles. The Morgan fingerprint density at radius 1 is 1.12 bits per heavy atom. The van der Waals surface area contributed by atoms with Crippen LogP contribution in [-0.2, 0) is 20.5 Å². The Kier molecular flexibility index (Phi) is 4.60. The molecule has 0 N–H and O–H groups in total. The van der Waals surface area contributed by atoms with Crippen molar-refractivity contribution in [3.63, 3.8) is 0 Å². The quantitative estimate of drug-likeness (QED) is 0.816. The average Bonchev–Trinajstić information content (AvgIpc) is 3.02. The number of benzene rings is 1. The number of hydrogen-bond acceptors (Lipinski definition) is 4. The minimum Gasteiger partial charge on any atom is -0.371 e. The second kappa shape index (κ2) is 6.61. The number of nitrogens with zero attached hydrogens (tertiary/aromatic N) is 2. The molecule has 25 heavy (non-hydrogen) atoms. The molecule has 0 radical (unpaired) electrons. The van der Waals surface area contributed by atoms with Gasteiger partial charge in [-0.2, -0.15) is 4.31 Å². The lowest BCUT2D eigenvalue weighted by atomic mass is 9.91. The number of likely N-dealkylation sites (tertiary alicyclic amines) is 1. The van der Waals surface area contributed by atoms with E-state index in [0.29, 0.717) is 31.3 Å². The van der Waals surface area contributed by atoms with E-state index in [1.54, 1.807) is 0 Å². The molecule has 1 aromatic carbocycles. The van der Waals surface area contributed by atoms with Crippen LogP contribution >= 0.6 is 0 Å². The lowest BCUT2D eigenvalue weighted by molar-refractivity contribution is -0.0775. The summed E-state index contributed by atoms with van der Waals surface area (Å²) in [4.78, 5) is 2.51. The lowest BCUT2D eigenvalue weighted by Crippen LogP contribution is -2.63. The van der Waals surface area contributed by atoms with Crippen LogP contribution in [0.3, 0.4) is 0 Å². The third-order valence-electron chi connectivity index (χ3n) is 5.68. The fourth-order valence-electron chi connectivity index (χ4n) is 4.23. The van der Waals surface area contributed by atoms with Gasteiger partial charge in [0.1, 0.15) is 5.82 Å². The molecule has 3 fully saturated rings. The second-order valence-corrected chi connectivity index (χ2v) is 9.57. The Labute approximate surface area is 148 Å². The van der Waals surface area contributed by atoms with Gasteiger partial charge in [-0.1, -0.05) is 18.6 Å². The van der Waals surface area contributed by atoms with Crippen molar-refractivity contribution in [1.29, 1.82) is 0 Å². The standard InChI is InChI=1S/C18H25FN2O3S/c19-16-6-4-15(5-7-16)12-25(22,23)21-13-18(14-21)10-17(11-24-18)20-8-2-1-3-9-20/h4-7,17H,1-3,8-14H2. The van der Waals surface area contributed by atoms with Crippen molar-refractivity contribution in [2.24, 2.45) is 0 Å². The summed E-state index contributed by atoms with van der Waals surface area (Å²) >= 11 is 0. The molecule has 1 unspecified atom stereocenters. The minimum atomic E-state index is -3.38. The average molecular weight is 368 g/mol. The molecule has 0 saturated carbocycles. The fraction of sp³-hybridized carbons (Fsp3) is 0.667. The van der Waals surface area contributed by atoms with Crippen molar-refractivity contribution in [1.82, 2.24) is 9.21 Å². The zero-order valence-electron chi connectivity index (χ0n) is 14.4. The van der Waals surface area contributed by atoms with Gasteiger partial charge in [0.05, 0.1) is 18.0 Å². The largest absolute Gasteiger partial charge is 0.371 e. The van der Waals surface area contributed by atoms with Crippen LogP contribution in [0.15, 0.2) is 24.3 Å². The van der Waals surface area contributed by atoms with Crippen LogP contribution in [0, 0.1) is 5.82 Å². The molecule has 3 aliphatic rings. The summed E-state index contributed by atoms with van der Waals surface area (Å²) in [5.74, 6) is -0.439. The zero-order chi connectivity index (χ0) is 17.5. The third-order valence-corrected chi connectivity index (χ3v) is 7.42. The molecule has 5 nitrogen and oxygen atoms in total. The van der Waals surface area contributed by atoms with Gasteiger partial charge in [0.25, 0.3) is 0 Å². The first-order chi connectivity index (χ1) is 12.0. The van der Waals surface area contributed by atoms with Gasteiger partial charge in [0, 0.05) is 19.1 Å². The molecule has 1 atom stereocenters. The molecule has 0 amide bonds. The second-order valence-electron chi connectivity index (χ2n) is 7.60. The Morgan fingerprint density at radius 3 is 2.48 bits per heavy atom. The topological polar surface area (TPSA) is 49.9 Å². The van der Waals surface area contributed by atoms with E-state index in [1.807, 2.05) is 0 Å². The normalized spacial score (nSPS) is 27.5. The maximum atomic E-state index is 13.0. The summed E-state index contributed by atoms with van der Waals surface area (Å²) in [5.41, 5.74) is 0.318. The number of sulfonamides is 1. The van der Waals surface area contributed by atoms with Crippen LogP contribution in [0.1, 0.15) is 31.2 Å². The summed E-state index contributed by atoms with van der Waals surface area (Å²) in [7, 11) is -3.38. The summed E-state index contributed by atoms with van der Waals surface area (Å²) in [6.07, 6.45) is 4.74. The molecule has 0 aliphatic carbocycles. The van der Waals surface area contributed by atoms with Crippen LogP contribution < -0.4 is 0 Å². The van der Waals surface area contributed by atoms with E-state index in [-0.39, 0.29) is 17.2 Å². The van der Waals surface area contributed by atoms with E-state index in [0.717, 1.165) is 19.5 Å². The maximum Gasteiger partial charge on any atom is 0.218 e. The Morgan fingerprint density at radius 2 is 1.80 bits per heavy atom. The van der Waals surface area contributed by atoms with Gasteiger partial charge < -0.3 is 4.74 Å². The number of piperidine rings is 1.